The number of benzene rings is 1. The molecule has 1 N–H and O–H groups in total. The van der Waals surface area contributed by atoms with Crippen molar-refractivity contribution in [3.63, 3.8) is 0 Å². The molecule has 2 aromatic rings. The van der Waals surface area contributed by atoms with Crippen LogP contribution >= 0.6 is 11.8 Å². The van der Waals surface area contributed by atoms with Crippen LogP contribution in [-0.2, 0) is 17.6 Å². The molecule has 26 heavy (non-hydrogen) atoms. The number of carbonyl (C=O) groups excluding carboxylic acids is 1. The van der Waals surface area contributed by atoms with Crippen molar-refractivity contribution in [2.45, 2.75) is 42.9 Å². The van der Waals surface area contributed by atoms with Gasteiger partial charge in [-0.25, -0.2) is 4.98 Å². The van der Waals surface area contributed by atoms with Crippen molar-refractivity contribution in [2.24, 2.45) is 0 Å². The second kappa shape index (κ2) is 8.03. The predicted molar refractivity (Wildman–Crippen MR) is 101 cm³/mol. The summed E-state index contributed by atoms with van der Waals surface area (Å²) in [5.74, 6) is -0.189. The van der Waals surface area contributed by atoms with Gasteiger partial charge in [0.2, 0.25) is 5.91 Å². The Balaban J connectivity index is 1.81. The van der Waals surface area contributed by atoms with E-state index in [-0.39, 0.29) is 11.2 Å². The Bertz CT molecular complexity index is 926. The van der Waals surface area contributed by atoms with Crippen molar-refractivity contribution in [3.8, 4) is 12.1 Å². The van der Waals surface area contributed by atoms with Gasteiger partial charge in [-0.15, -0.1) is 0 Å². The molecule has 0 radical (unpaired) electrons. The van der Waals surface area contributed by atoms with E-state index in [1.54, 1.807) is 24.3 Å². The largest absolute Gasteiger partial charge is 0.324 e. The molecule has 0 unspecified atom stereocenters. The van der Waals surface area contributed by atoms with Crippen molar-refractivity contribution in [3.05, 3.63) is 52.7 Å². The lowest BCUT2D eigenvalue weighted by atomic mass is 10.2. The van der Waals surface area contributed by atoms with Gasteiger partial charge in [-0.3, -0.25) is 4.79 Å². The molecule has 0 saturated heterocycles. The Morgan fingerprint density at radius 1 is 1.27 bits per heavy atom. The number of aryl methyl sites for hydroxylation is 2. The fraction of sp³-hybridized carbons (Fsp3) is 0.300. The lowest BCUT2D eigenvalue weighted by Crippen LogP contribution is -2.25. The molecule has 0 fully saturated rings. The summed E-state index contributed by atoms with van der Waals surface area (Å²) in [5, 5.41) is 21.7. The summed E-state index contributed by atoms with van der Waals surface area (Å²) in [7, 11) is 0. The van der Waals surface area contributed by atoms with Crippen LogP contribution in [0.25, 0.3) is 0 Å². The van der Waals surface area contributed by atoms with Crippen LogP contribution in [0.15, 0.2) is 35.4 Å². The quantitative estimate of drug-likeness (QED) is 0.817. The second-order valence-electron chi connectivity index (χ2n) is 6.07. The molecule has 1 atom stereocenters. The Morgan fingerprint density at radius 2 is 2.04 bits per heavy atom. The first kappa shape index (κ1) is 18.0. The molecule has 130 valence electrons. The Labute approximate surface area is 157 Å². The lowest BCUT2D eigenvalue weighted by molar-refractivity contribution is -0.115. The first-order valence-corrected chi connectivity index (χ1v) is 9.43. The highest BCUT2D eigenvalue weighted by Gasteiger charge is 2.23. The number of pyridine rings is 1. The normalized spacial score (nSPS) is 13.3. The summed E-state index contributed by atoms with van der Waals surface area (Å²) in [4.78, 5) is 17.3. The van der Waals surface area contributed by atoms with E-state index in [1.807, 2.05) is 13.0 Å². The highest BCUT2D eigenvalue weighted by Crippen LogP contribution is 2.32. The summed E-state index contributed by atoms with van der Waals surface area (Å²) in [6.07, 6.45) is 3.54. The second-order valence-corrected chi connectivity index (χ2v) is 7.27. The molecule has 1 aromatic carbocycles. The van der Waals surface area contributed by atoms with Gasteiger partial charge in [0.05, 0.1) is 22.1 Å². The van der Waals surface area contributed by atoms with Gasteiger partial charge in [-0.05, 0) is 49.4 Å². The van der Waals surface area contributed by atoms with Crippen LogP contribution in [0.2, 0.25) is 0 Å². The average molecular weight is 362 g/mol. The summed E-state index contributed by atoms with van der Waals surface area (Å²) in [5.41, 5.74) is 3.64. The molecule has 3 rings (SSSR count). The number of fused-ring (bicyclic) bond motifs is 1. The van der Waals surface area contributed by atoms with Crippen LogP contribution in [0.5, 0.6) is 0 Å². The SMILES string of the molecule is CC[C@H](Sc1nc2c(cc1C#N)CCC2)C(=O)Nc1ccccc1C#N. The van der Waals surface area contributed by atoms with Gasteiger partial charge in [0.15, 0.2) is 0 Å². The number of hydrogen-bond donors (Lipinski definition) is 1. The minimum Gasteiger partial charge on any atom is -0.324 e. The average Bonchev–Trinajstić information content (AvgIpc) is 3.12. The number of thioether (sulfide) groups is 1. The van der Waals surface area contributed by atoms with Crippen molar-refractivity contribution in [1.82, 2.24) is 4.98 Å². The number of nitrogens with zero attached hydrogens (tertiary/aromatic N) is 3. The maximum absolute atomic E-state index is 12.7. The zero-order chi connectivity index (χ0) is 18.5. The van der Waals surface area contributed by atoms with Gasteiger partial charge in [-0.1, -0.05) is 30.8 Å². The number of para-hydroxylation sites is 1. The smallest absolute Gasteiger partial charge is 0.237 e. The molecule has 1 aliphatic carbocycles. The maximum atomic E-state index is 12.7. The first-order valence-electron chi connectivity index (χ1n) is 8.55. The molecular weight excluding hydrogens is 344 g/mol. The number of carbonyl (C=O) groups is 1. The van der Waals surface area contributed by atoms with E-state index in [0.717, 1.165) is 30.5 Å². The number of rotatable bonds is 5. The van der Waals surface area contributed by atoms with Gasteiger partial charge in [0.1, 0.15) is 17.2 Å². The third-order valence-electron chi connectivity index (χ3n) is 4.36. The first-order chi connectivity index (χ1) is 12.7. The summed E-state index contributed by atoms with van der Waals surface area (Å²) < 4.78 is 0. The van der Waals surface area contributed by atoms with Gasteiger partial charge in [0.25, 0.3) is 0 Å². The van der Waals surface area contributed by atoms with E-state index in [9.17, 15) is 10.1 Å². The Hall–Kier alpha value is -2.83. The highest BCUT2D eigenvalue weighted by molar-refractivity contribution is 8.00. The third-order valence-corrected chi connectivity index (χ3v) is 5.73. The minimum atomic E-state index is -0.388. The van der Waals surface area contributed by atoms with Crippen molar-refractivity contribution in [2.75, 3.05) is 5.32 Å². The van der Waals surface area contributed by atoms with E-state index in [0.29, 0.717) is 28.3 Å². The minimum absolute atomic E-state index is 0.189. The van der Waals surface area contributed by atoms with Gasteiger partial charge < -0.3 is 5.32 Å². The molecule has 1 amide bonds. The van der Waals surface area contributed by atoms with Crippen LogP contribution in [-0.4, -0.2) is 16.1 Å². The molecular formula is C20H18N4OS. The van der Waals surface area contributed by atoms with Gasteiger partial charge in [-0.2, -0.15) is 10.5 Å². The van der Waals surface area contributed by atoms with E-state index in [4.69, 9.17) is 5.26 Å². The molecule has 1 heterocycles. The number of nitrogens with one attached hydrogen (secondary N) is 1. The van der Waals surface area contributed by atoms with Gasteiger partial charge in [0, 0.05) is 5.69 Å². The Morgan fingerprint density at radius 3 is 2.77 bits per heavy atom. The fourth-order valence-electron chi connectivity index (χ4n) is 2.98. The monoisotopic (exact) mass is 362 g/mol. The third kappa shape index (κ3) is 3.71. The molecule has 0 spiro atoms. The highest BCUT2D eigenvalue weighted by atomic mass is 32.2. The number of anilines is 1. The summed E-state index contributed by atoms with van der Waals surface area (Å²) >= 11 is 1.32. The molecule has 0 saturated carbocycles. The van der Waals surface area contributed by atoms with E-state index < -0.39 is 0 Å². The lowest BCUT2D eigenvalue weighted by Gasteiger charge is -2.16. The van der Waals surface area contributed by atoms with E-state index >= 15 is 0 Å². The maximum Gasteiger partial charge on any atom is 0.237 e. The van der Waals surface area contributed by atoms with Crippen LogP contribution in [0, 0.1) is 22.7 Å². The van der Waals surface area contributed by atoms with Crippen LogP contribution < -0.4 is 5.32 Å². The summed E-state index contributed by atoms with van der Waals surface area (Å²) in [6, 6.07) is 13.1. The number of hydrogen-bond acceptors (Lipinski definition) is 5. The zero-order valence-corrected chi connectivity index (χ0v) is 15.3. The van der Waals surface area contributed by atoms with Crippen LogP contribution in [0.4, 0.5) is 5.69 Å². The number of aromatic nitrogens is 1. The van der Waals surface area contributed by atoms with Crippen LogP contribution in [0.3, 0.4) is 0 Å². The van der Waals surface area contributed by atoms with Crippen molar-refractivity contribution < 1.29 is 4.79 Å². The Kier molecular flexibility index (Phi) is 5.55. The molecule has 1 aliphatic rings. The molecule has 0 aliphatic heterocycles. The molecule has 1 aromatic heterocycles. The fourth-order valence-corrected chi connectivity index (χ4v) is 3.98. The van der Waals surface area contributed by atoms with Crippen molar-refractivity contribution in [1.29, 1.82) is 10.5 Å². The summed E-state index contributed by atoms with van der Waals surface area (Å²) in [6.45, 7) is 1.92. The van der Waals surface area contributed by atoms with E-state index in [1.165, 1.54) is 11.8 Å². The molecule has 6 heteroatoms. The predicted octanol–water partition coefficient (Wildman–Crippen LogP) is 3.82. The number of amides is 1. The standard InChI is InChI=1S/C20H18N4OS/c1-2-18(19(25)23-17-8-4-3-6-14(17)11-21)26-20-15(12-22)10-13-7-5-9-16(13)24-20/h3-4,6,8,10,18H,2,5,7,9H2,1H3,(H,23,25)/t18-/m0/s1. The van der Waals surface area contributed by atoms with Crippen LogP contribution in [0.1, 0.15) is 42.1 Å². The molecule has 5 nitrogen and oxygen atoms in total. The van der Waals surface area contributed by atoms with Gasteiger partial charge >= 0.3 is 0 Å². The van der Waals surface area contributed by atoms with Crippen molar-refractivity contribution >= 4 is 23.4 Å². The van der Waals surface area contributed by atoms with E-state index in [2.05, 4.69) is 22.4 Å². The number of nitriles is 2. The zero-order valence-electron chi connectivity index (χ0n) is 14.5. The molecule has 0 bridgehead atoms. The topological polar surface area (TPSA) is 89.6 Å².